The highest BCUT2D eigenvalue weighted by Crippen LogP contribution is 2.23. The largest absolute Gasteiger partial charge is 0.491 e. The number of amides is 1. The first-order valence-corrected chi connectivity index (χ1v) is 6.14. The molecule has 0 aliphatic rings. The lowest BCUT2D eigenvalue weighted by molar-refractivity contribution is -0.122. The van der Waals surface area contributed by atoms with Crippen molar-refractivity contribution < 1.29 is 18.7 Å². The standard InChI is InChI=1S/C14H18FNO3/c1-4-19-13-7-6-11(9-12(13)15)16(3)14(18)8-5-10(2)17/h6-7,9H,4-5,8H2,1-3H3. The fraction of sp³-hybridized carbons (Fsp3) is 0.429. The molecule has 0 N–H and O–H groups in total. The van der Waals surface area contributed by atoms with E-state index in [1.165, 1.54) is 24.0 Å². The molecule has 1 aromatic carbocycles. The maximum absolute atomic E-state index is 13.7. The maximum atomic E-state index is 13.7. The molecule has 0 saturated heterocycles. The third-order valence-electron chi connectivity index (χ3n) is 2.67. The lowest BCUT2D eigenvalue weighted by Gasteiger charge is -2.18. The number of nitrogens with zero attached hydrogens (tertiary/aromatic N) is 1. The quantitative estimate of drug-likeness (QED) is 0.795. The first-order valence-electron chi connectivity index (χ1n) is 6.14. The van der Waals surface area contributed by atoms with Crippen molar-refractivity contribution in [3.63, 3.8) is 0 Å². The first kappa shape index (κ1) is 15.1. The second-order valence-corrected chi connectivity index (χ2v) is 4.20. The summed E-state index contributed by atoms with van der Waals surface area (Å²) in [6.45, 7) is 3.58. The Morgan fingerprint density at radius 2 is 2.00 bits per heavy atom. The van der Waals surface area contributed by atoms with E-state index in [-0.39, 0.29) is 30.3 Å². The van der Waals surface area contributed by atoms with Crippen molar-refractivity contribution >= 4 is 17.4 Å². The van der Waals surface area contributed by atoms with Crippen molar-refractivity contribution in [1.82, 2.24) is 0 Å². The van der Waals surface area contributed by atoms with E-state index in [4.69, 9.17) is 4.74 Å². The Morgan fingerprint density at radius 1 is 1.32 bits per heavy atom. The summed E-state index contributed by atoms with van der Waals surface area (Å²) in [6, 6.07) is 4.35. The maximum Gasteiger partial charge on any atom is 0.227 e. The lowest BCUT2D eigenvalue weighted by Crippen LogP contribution is -2.26. The summed E-state index contributed by atoms with van der Waals surface area (Å²) in [5.74, 6) is -0.611. The predicted octanol–water partition coefficient (Wildman–Crippen LogP) is 2.56. The molecule has 0 fully saturated rings. The summed E-state index contributed by atoms with van der Waals surface area (Å²) in [4.78, 5) is 24.0. The molecule has 0 heterocycles. The number of benzene rings is 1. The van der Waals surface area contributed by atoms with E-state index in [1.807, 2.05) is 0 Å². The molecular formula is C14H18FNO3. The van der Waals surface area contributed by atoms with Gasteiger partial charge in [-0.15, -0.1) is 0 Å². The number of hydrogen-bond donors (Lipinski definition) is 0. The zero-order chi connectivity index (χ0) is 14.4. The van der Waals surface area contributed by atoms with Crippen LogP contribution in [0.1, 0.15) is 26.7 Å². The van der Waals surface area contributed by atoms with Gasteiger partial charge in [0.15, 0.2) is 11.6 Å². The van der Waals surface area contributed by atoms with Gasteiger partial charge >= 0.3 is 0 Å². The van der Waals surface area contributed by atoms with Gasteiger partial charge in [0, 0.05) is 31.6 Å². The van der Waals surface area contributed by atoms with Gasteiger partial charge in [0.05, 0.1) is 6.61 Å². The molecule has 0 unspecified atom stereocenters. The Balaban J connectivity index is 2.76. The van der Waals surface area contributed by atoms with Crippen LogP contribution in [0.3, 0.4) is 0 Å². The molecule has 0 aromatic heterocycles. The Kier molecular flexibility index (Phi) is 5.48. The molecule has 0 aliphatic carbocycles. The van der Waals surface area contributed by atoms with Gasteiger partial charge in [0.2, 0.25) is 5.91 Å². The summed E-state index contributed by atoms with van der Waals surface area (Å²) in [6.07, 6.45) is 0.323. The summed E-state index contributed by atoms with van der Waals surface area (Å²) in [7, 11) is 1.55. The SMILES string of the molecule is CCOc1ccc(N(C)C(=O)CCC(C)=O)cc1F. The number of hydrogen-bond acceptors (Lipinski definition) is 3. The van der Waals surface area contributed by atoms with Crippen LogP contribution in [0.4, 0.5) is 10.1 Å². The predicted molar refractivity (Wildman–Crippen MR) is 70.9 cm³/mol. The van der Waals surface area contributed by atoms with Gasteiger partial charge in [-0.25, -0.2) is 4.39 Å². The average Bonchev–Trinajstić information content (AvgIpc) is 2.37. The van der Waals surface area contributed by atoms with E-state index in [0.717, 1.165) is 0 Å². The van der Waals surface area contributed by atoms with Gasteiger partial charge in [0.25, 0.3) is 0 Å². The topological polar surface area (TPSA) is 46.6 Å². The van der Waals surface area contributed by atoms with Crippen LogP contribution in [0.15, 0.2) is 18.2 Å². The van der Waals surface area contributed by atoms with Crippen molar-refractivity contribution in [2.75, 3.05) is 18.6 Å². The Bertz CT molecular complexity index is 474. The van der Waals surface area contributed by atoms with E-state index in [2.05, 4.69) is 0 Å². The van der Waals surface area contributed by atoms with E-state index >= 15 is 0 Å². The molecule has 4 nitrogen and oxygen atoms in total. The second-order valence-electron chi connectivity index (χ2n) is 4.20. The number of carbonyl (C=O) groups excluding carboxylic acids is 2. The highest BCUT2D eigenvalue weighted by atomic mass is 19.1. The molecule has 0 aliphatic heterocycles. The molecule has 1 aromatic rings. The first-order chi connectivity index (χ1) is 8.95. The number of halogens is 1. The van der Waals surface area contributed by atoms with Crippen LogP contribution in [0.25, 0.3) is 0 Å². The van der Waals surface area contributed by atoms with Crippen LogP contribution >= 0.6 is 0 Å². The third-order valence-corrected chi connectivity index (χ3v) is 2.67. The fourth-order valence-electron chi connectivity index (χ4n) is 1.57. The minimum atomic E-state index is -0.509. The van der Waals surface area contributed by atoms with Crippen LogP contribution in [0.2, 0.25) is 0 Å². The number of Topliss-reactive ketones (excluding diaryl/α,β-unsaturated/α-hetero) is 1. The van der Waals surface area contributed by atoms with Gasteiger partial charge in [-0.2, -0.15) is 0 Å². The number of carbonyl (C=O) groups is 2. The molecule has 0 bridgehead atoms. The highest BCUT2D eigenvalue weighted by molar-refractivity contribution is 5.94. The summed E-state index contributed by atoms with van der Waals surface area (Å²) < 4.78 is 18.7. The molecule has 104 valence electrons. The molecule has 0 spiro atoms. The molecule has 0 radical (unpaired) electrons. The average molecular weight is 267 g/mol. The van der Waals surface area contributed by atoms with Gasteiger partial charge in [0.1, 0.15) is 5.78 Å². The number of ketones is 1. The van der Waals surface area contributed by atoms with Gasteiger partial charge in [-0.05, 0) is 26.0 Å². The minimum Gasteiger partial charge on any atom is -0.491 e. The van der Waals surface area contributed by atoms with Gasteiger partial charge in [-0.3, -0.25) is 4.79 Å². The summed E-state index contributed by atoms with van der Waals surface area (Å²) in [5.41, 5.74) is 0.439. The summed E-state index contributed by atoms with van der Waals surface area (Å²) >= 11 is 0. The number of rotatable bonds is 6. The van der Waals surface area contributed by atoms with Crippen molar-refractivity contribution in [2.24, 2.45) is 0 Å². The molecule has 19 heavy (non-hydrogen) atoms. The number of anilines is 1. The van der Waals surface area contributed by atoms with E-state index in [0.29, 0.717) is 12.3 Å². The zero-order valence-corrected chi connectivity index (χ0v) is 11.4. The van der Waals surface area contributed by atoms with Crippen molar-refractivity contribution in [2.45, 2.75) is 26.7 Å². The van der Waals surface area contributed by atoms with E-state index in [9.17, 15) is 14.0 Å². The highest BCUT2D eigenvalue weighted by Gasteiger charge is 2.14. The Hall–Kier alpha value is -1.91. The fourth-order valence-corrected chi connectivity index (χ4v) is 1.57. The van der Waals surface area contributed by atoms with Gasteiger partial charge in [-0.1, -0.05) is 0 Å². The van der Waals surface area contributed by atoms with E-state index < -0.39 is 5.82 Å². The van der Waals surface area contributed by atoms with Crippen LogP contribution in [-0.2, 0) is 9.59 Å². The van der Waals surface area contributed by atoms with Crippen molar-refractivity contribution in [3.05, 3.63) is 24.0 Å². The van der Waals surface area contributed by atoms with Crippen LogP contribution in [0, 0.1) is 5.82 Å². The molecule has 5 heteroatoms. The van der Waals surface area contributed by atoms with Crippen molar-refractivity contribution in [3.8, 4) is 5.75 Å². The van der Waals surface area contributed by atoms with Crippen LogP contribution in [-0.4, -0.2) is 25.3 Å². The monoisotopic (exact) mass is 267 g/mol. The molecule has 0 saturated carbocycles. The normalized spacial score (nSPS) is 10.1. The van der Waals surface area contributed by atoms with Crippen LogP contribution < -0.4 is 9.64 Å². The van der Waals surface area contributed by atoms with E-state index in [1.54, 1.807) is 20.0 Å². The minimum absolute atomic E-state index is 0.0420. The van der Waals surface area contributed by atoms with Crippen LogP contribution in [0.5, 0.6) is 5.75 Å². The third kappa shape index (κ3) is 4.35. The molecule has 1 amide bonds. The number of ether oxygens (including phenoxy) is 1. The molecule has 1 rings (SSSR count). The van der Waals surface area contributed by atoms with Gasteiger partial charge < -0.3 is 14.4 Å². The lowest BCUT2D eigenvalue weighted by atomic mass is 10.2. The van der Waals surface area contributed by atoms with Crippen molar-refractivity contribution in [1.29, 1.82) is 0 Å². The second kappa shape index (κ2) is 6.87. The smallest absolute Gasteiger partial charge is 0.227 e. The zero-order valence-electron chi connectivity index (χ0n) is 11.4. The molecular weight excluding hydrogens is 249 g/mol. The molecule has 0 atom stereocenters. The summed E-state index contributed by atoms with van der Waals surface area (Å²) in [5, 5.41) is 0. The Morgan fingerprint density at radius 3 is 2.53 bits per heavy atom. The Labute approximate surface area is 112 Å².